The van der Waals surface area contributed by atoms with Crippen LogP contribution in [0.5, 0.6) is 11.5 Å². The molecule has 0 unspecified atom stereocenters. The van der Waals surface area contributed by atoms with Gasteiger partial charge in [0, 0.05) is 43.4 Å². The molecule has 2 N–H and O–H groups in total. The van der Waals surface area contributed by atoms with Crippen LogP contribution in [0.15, 0.2) is 34.3 Å². The first kappa shape index (κ1) is 21.1. The Morgan fingerprint density at radius 2 is 1.97 bits per heavy atom. The number of benzene rings is 1. The van der Waals surface area contributed by atoms with Crippen molar-refractivity contribution in [3.05, 3.63) is 51.6 Å². The van der Waals surface area contributed by atoms with Gasteiger partial charge in [-0.25, -0.2) is 13.4 Å². The number of ether oxygens (including phenoxy) is 2. The molecule has 1 aliphatic heterocycles. The first-order valence-corrected chi connectivity index (χ1v) is 11.5. The van der Waals surface area contributed by atoms with Gasteiger partial charge >= 0.3 is 0 Å². The molecule has 0 aliphatic carbocycles. The summed E-state index contributed by atoms with van der Waals surface area (Å²) in [6.45, 7) is 1.58. The molecule has 0 saturated heterocycles. The fourth-order valence-electron chi connectivity index (χ4n) is 3.68. The Bertz CT molecular complexity index is 1280. The molecule has 0 amide bonds. The van der Waals surface area contributed by atoms with Crippen LogP contribution in [0, 0.1) is 0 Å². The van der Waals surface area contributed by atoms with Gasteiger partial charge in [-0.3, -0.25) is 19.8 Å². The number of rotatable bonds is 6. The Morgan fingerprint density at radius 3 is 2.68 bits per heavy atom. The van der Waals surface area contributed by atoms with Crippen LogP contribution in [0.3, 0.4) is 0 Å². The Morgan fingerprint density at radius 1 is 1.19 bits per heavy atom. The van der Waals surface area contributed by atoms with Gasteiger partial charge in [0.1, 0.15) is 0 Å². The molecule has 3 heterocycles. The molecule has 0 spiro atoms. The van der Waals surface area contributed by atoms with Crippen LogP contribution in [0.25, 0.3) is 11.3 Å². The number of fused-ring (bicyclic) bond motifs is 1. The molecule has 31 heavy (non-hydrogen) atoms. The predicted molar refractivity (Wildman–Crippen MR) is 113 cm³/mol. The third-order valence-electron chi connectivity index (χ3n) is 5.26. The first-order chi connectivity index (χ1) is 14.8. The summed E-state index contributed by atoms with van der Waals surface area (Å²) < 4.78 is 34.2. The van der Waals surface area contributed by atoms with Crippen LogP contribution in [0.2, 0.25) is 0 Å². The minimum Gasteiger partial charge on any atom is -0.493 e. The van der Waals surface area contributed by atoms with E-state index in [1.165, 1.54) is 0 Å². The van der Waals surface area contributed by atoms with Crippen molar-refractivity contribution in [3.63, 3.8) is 0 Å². The van der Waals surface area contributed by atoms with Gasteiger partial charge in [-0.05, 0) is 18.2 Å². The molecule has 1 aliphatic rings. The van der Waals surface area contributed by atoms with E-state index in [1.54, 1.807) is 20.4 Å². The highest BCUT2D eigenvalue weighted by molar-refractivity contribution is 7.90. The summed E-state index contributed by atoms with van der Waals surface area (Å²) in [5.41, 5.74) is 3.34. The van der Waals surface area contributed by atoms with Crippen molar-refractivity contribution in [1.82, 2.24) is 25.1 Å². The molecule has 3 aromatic rings. The average molecular weight is 446 g/mol. The van der Waals surface area contributed by atoms with Gasteiger partial charge in [0.05, 0.1) is 37.4 Å². The zero-order valence-corrected chi connectivity index (χ0v) is 18.2. The lowest BCUT2D eigenvalue weighted by Gasteiger charge is -2.27. The van der Waals surface area contributed by atoms with Crippen molar-refractivity contribution in [1.29, 1.82) is 0 Å². The highest BCUT2D eigenvalue weighted by atomic mass is 32.2. The van der Waals surface area contributed by atoms with Crippen molar-refractivity contribution in [2.45, 2.75) is 24.7 Å². The summed E-state index contributed by atoms with van der Waals surface area (Å²) in [7, 11) is -0.401. The van der Waals surface area contributed by atoms with Gasteiger partial charge in [-0.15, -0.1) is 0 Å². The number of aromatic amines is 2. The van der Waals surface area contributed by atoms with Gasteiger partial charge in [0.2, 0.25) is 15.0 Å². The van der Waals surface area contributed by atoms with Crippen LogP contribution < -0.4 is 15.0 Å². The van der Waals surface area contributed by atoms with Crippen LogP contribution in [0.4, 0.5) is 0 Å². The van der Waals surface area contributed by atoms with E-state index in [-0.39, 0.29) is 5.16 Å². The van der Waals surface area contributed by atoms with Crippen molar-refractivity contribution >= 4 is 9.84 Å². The lowest BCUT2D eigenvalue weighted by atomic mass is 10.0. The molecule has 0 radical (unpaired) electrons. The van der Waals surface area contributed by atoms with Gasteiger partial charge < -0.3 is 9.47 Å². The molecule has 0 atom stereocenters. The Hall–Kier alpha value is -3.18. The maximum atomic E-state index is 12.5. The summed E-state index contributed by atoms with van der Waals surface area (Å²) in [6, 6.07) is 5.63. The second-order valence-corrected chi connectivity index (χ2v) is 9.30. The number of methoxy groups -OCH3 is 2. The zero-order chi connectivity index (χ0) is 22.2. The lowest BCUT2D eigenvalue weighted by Crippen LogP contribution is -2.36. The van der Waals surface area contributed by atoms with Crippen LogP contribution in [0.1, 0.15) is 16.8 Å². The van der Waals surface area contributed by atoms with E-state index in [0.717, 1.165) is 23.1 Å². The molecule has 11 heteroatoms. The van der Waals surface area contributed by atoms with E-state index in [2.05, 4.69) is 25.1 Å². The highest BCUT2D eigenvalue weighted by Gasteiger charge is 2.24. The molecule has 4 rings (SSSR count). The first-order valence-electron chi connectivity index (χ1n) is 9.59. The molecular weight excluding hydrogens is 422 g/mol. The molecule has 0 saturated carbocycles. The monoisotopic (exact) mass is 445 g/mol. The van der Waals surface area contributed by atoms with E-state index in [0.29, 0.717) is 48.8 Å². The molecule has 10 nitrogen and oxygen atoms in total. The summed E-state index contributed by atoms with van der Waals surface area (Å²) in [5.74, 6) is 1.26. The topological polar surface area (TPSA) is 130 Å². The predicted octanol–water partition coefficient (Wildman–Crippen LogP) is 1.14. The fourth-order valence-corrected chi connectivity index (χ4v) is 4.24. The third-order valence-corrected chi connectivity index (χ3v) is 6.16. The van der Waals surface area contributed by atoms with Crippen molar-refractivity contribution < 1.29 is 17.9 Å². The smallest absolute Gasteiger partial charge is 0.256 e. The van der Waals surface area contributed by atoms with Gasteiger partial charge in [-0.1, -0.05) is 0 Å². The average Bonchev–Trinajstić information content (AvgIpc) is 3.21. The van der Waals surface area contributed by atoms with E-state index in [1.807, 2.05) is 18.2 Å². The van der Waals surface area contributed by atoms with Gasteiger partial charge in [-0.2, -0.15) is 5.10 Å². The SMILES string of the molecule is COc1ccc(-c2[nH]ncc2CN2CCc3nc(S(C)(=O)=O)[nH]c(=O)c3C2)cc1OC. The van der Waals surface area contributed by atoms with Crippen LogP contribution in [-0.4, -0.2) is 60.5 Å². The fraction of sp³-hybridized carbons (Fsp3) is 0.350. The summed E-state index contributed by atoms with van der Waals surface area (Å²) in [5, 5.41) is 6.94. The summed E-state index contributed by atoms with van der Waals surface area (Å²) in [4.78, 5) is 21.1. The largest absolute Gasteiger partial charge is 0.493 e. The molecular formula is C20H23N5O5S. The Labute approximate surface area is 179 Å². The quantitative estimate of drug-likeness (QED) is 0.540. The minimum atomic E-state index is -3.57. The molecule has 2 aromatic heterocycles. The number of sulfone groups is 1. The number of hydrogen-bond acceptors (Lipinski definition) is 8. The Balaban J connectivity index is 1.58. The maximum Gasteiger partial charge on any atom is 0.256 e. The van der Waals surface area contributed by atoms with Crippen LogP contribution in [-0.2, 0) is 29.3 Å². The molecule has 164 valence electrons. The highest BCUT2D eigenvalue weighted by Crippen LogP contribution is 2.33. The normalized spacial score (nSPS) is 14.3. The van der Waals surface area contributed by atoms with E-state index < -0.39 is 15.4 Å². The number of nitrogens with one attached hydrogen (secondary N) is 2. The maximum absolute atomic E-state index is 12.5. The standard InChI is InChI=1S/C20H23N5O5S/c1-29-16-5-4-12(8-17(16)30-2)18-13(9-21-24-18)10-25-7-6-15-14(11-25)19(26)23-20(22-15)31(3,27)28/h4-5,8-9H,6-7,10-11H2,1-3H3,(H,21,24)(H,22,23,26). The molecule has 1 aromatic carbocycles. The number of hydrogen-bond donors (Lipinski definition) is 2. The van der Waals surface area contributed by atoms with E-state index >= 15 is 0 Å². The minimum absolute atomic E-state index is 0.282. The number of nitrogens with zero attached hydrogens (tertiary/aromatic N) is 3. The van der Waals surface area contributed by atoms with Crippen molar-refractivity contribution in [2.75, 3.05) is 27.0 Å². The molecule has 0 fully saturated rings. The lowest BCUT2D eigenvalue weighted by molar-refractivity contribution is 0.241. The summed E-state index contributed by atoms with van der Waals surface area (Å²) >= 11 is 0. The van der Waals surface area contributed by atoms with Gasteiger partial charge in [0.25, 0.3) is 5.56 Å². The summed E-state index contributed by atoms with van der Waals surface area (Å²) in [6.07, 6.45) is 3.28. The second kappa shape index (κ2) is 8.16. The molecule has 0 bridgehead atoms. The number of H-pyrrole nitrogens is 2. The Kier molecular flexibility index (Phi) is 5.54. The van der Waals surface area contributed by atoms with Gasteiger partial charge in [0.15, 0.2) is 11.5 Å². The van der Waals surface area contributed by atoms with Crippen molar-refractivity contribution in [3.8, 4) is 22.8 Å². The third kappa shape index (κ3) is 4.19. The van der Waals surface area contributed by atoms with Crippen LogP contribution >= 0.6 is 0 Å². The van der Waals surface area contributed by atoms with Crippen molar-refractivity contribution in [2.24, 2.45) is 0 Å². The van der Waals surface area contributed by atoms with E-state index in [9.17, 15) is 13.2 Å². The second-order valence-electron chi connectivity index (χ2n) is 7.37. The zero-order valence-electron chi connectivity index (χ0n) is 17.4. The number of aromatic nitrogens is 4. The van der Waals surface area contributed by atoms with E-state index in [4.69, 9.17) is 9.47 Å².